The van der Waals surface area contributed by atoms with E-state index in [9.17, 15) is 8.42 Å². The Morgan fingerprint density at radius 1 is 1.34 bits per heavy atom. The number of sulfonamides is 1. The summed E-state index contributed by atoms with van der Waals surface area (Å²) in [5, 5.41) is 7.07. The summed E-state index contributed by atoms with van der Waals surface area (Å²) in [6, 6.07) is 1.58. The topological polar surface area (TPSA) is 100 Å². The van der Waals surface area contributed by atoms with E-state index in [1.807, 2.05) is 6.92 Å². The van der Waals surface area contributed by atoms with Crippen molar-refractivity contribution < 1.29 is 17.7 Å². The molecule has 1 unspecified atom stereocenters. The summed E-state index contributed by atoms with van der Waals surface area (Å²) in [5.74, 6) is 1.12. The van der Waals surface area contributed by atoms with E-state index in [-0.39, 0.29) is 35.8 Å². The zero-order valence-electron chi connectivity index (χ0n) is 17.7. The smallest absolute Gasteiger partial charge is 0.220 e. The number of nitrogens with one attached hydrogen (secondary N) is 1. The van der Waals surface area contributed by atoms with Crippen LogP contribution in [-0.2, 0) is 20.5 Å². The first-order chi connectivity index (χ1) is 13.4. The normalized spacial score (nSPS) is 17.3. The molecule has 0 bridgehead atoms. The van der Waals surface area contributed by atoms with E-state index in [0.29, 0.717) is 44.4 Å². The Hall–Kier alpha value is -0.920. The van der Waals surface area contributed by atoms with E-state index in [1.165, 1.54) is 10.6 Å². The van der Waals surface area contributed by atoms with Crippen LogP contribution in [0.1, 0.15) is 32.9 Å². The van der Waals surface area contributed by atoms with Crippen molar-refractivity contribution >= 4 is 40.0 Å². The van der Waals surface area contributed by atoms with Crippen LogP contribution >= 0.6 is 24.0 Å². The summed E-state index contributed by atoms with van der Waals surface area (Å²) in [5.41, 5.74) is 0.425. The molecule has 11 heteroatoms. The molecule has 1 N–H and O–H groups in total. The summed E-state index contributed by atoms with van der Waals surface area (Å²) in [4.78, 5) is 6.44. The number of aliphatic imine (C=N–C) groups is 1. The largest absolute Gasteiger partial charge is 0.378 e. The first-order valence-electron chi connectivity index (χ1n) is 9.81. The van der Waals surface area contributed by atoms with Crippen molar-refractivity contribution in [2.45, 2.75) is 39.0 Å². The van der Waals surface area contributed by atoms with Crippen molar-refractivity contribution in [3.8, 4) is 0 Å². The number of ether oxygens (including phenoxy) is 1. The monoisotopic (exact) mass is 543 g/mol. The van der Waals surface area contributed by atoms with Crippen LogP contribution < -0.4 is 5.32 Å². The Morgan fingerprint density at radius 3 is 2.55 bits per heavy atom. The third-order valence-electron chi connectivity index (χ3n) is 4.80. The second-order valence-corrected chi connectivity index (χ2v) is 9.10. The van der Waals surface area contributed by atoms with Gasteiger partial charge in [0.25, 0.3) is 0 Å². The molecule has 168 valence electrons. The van der Waals surface area contributed by atoms with Gasteiger partial charge >= 0.3 is 0 Å². The van der Waals surface area contributed by atoms with E-state index in [1.54, 1.807) is 13.1 Å². The molecule has 1 aromatic heterocycles. The van der Waals surface area contributed by atoms with Crippen LogP contribution in [0.5, 0.6) is 0 Å². The van der Waals surface area contributed by atoms with Gasteiger partial charge in [0, 0.05) is 52.4 Å². The quantitative estimate of drug-likeness (QED) is 0.288. The van der Waals surface area contributed by atoms with Crippen LogP contribution in [0.15, 0.2) is 21.8 Å². The average Bonchev–Trinajstić information content (AvgIpc) is 3.16. The molecular weight excluding hydrogens is 509 g/mol. The molecule has 2 rings (SSSR count). The minimum atomic E-state index is -3.40. The second kappa shape index (κ2) is 12.7. The zero-order valence-corrected chi connectivity index (χ0v) is 20.9. The first kappa shape index (κ1) is 26.1. The number of hydrogen-bond acceptors (Lipinski definition) is 6. The van der Waals surface area contributed by atoms with Gasteiger partial charge in [-0.3, -0.25) is 4.99 Å². The van der Waals surface area contributed by atoms with Gasteiger partial charge in [0.2, 0.25) is 10.0 Å². The molecule has 0 aromatic carbocycles. The molecule has 1 aliphatic heterocycles. The summed E-state index contributed by atoms with van der Waals surface area (Å²) in [6.07, 6.45) is 2.50. The van der Waals surface area contributed by atoms with Gasteiger partial charge in [0.05, 0.1) is 11.8 Å². The third kappa shape index (κ3) is 8.02. The lowest BCUT2D eigenvalue weighted by Crippen LogP contribution is -2.54. The maximum Gasteiger partial charge on any atom is 0.220 e. The van der Waals surface area contributed by atoms with Crippen molar-refractivity contribution in [3.63, 3.8) is 0 Å². The van der Waals surface area contributed by atoms with E-state index >= 15 is 0 Å². The van der Waals surface area contributed by atoms with E-state index in [0.717, 1.165) is 18.9 Å². The fourth-order valence-electron chi connectivity index (χ4n) is 3.25. The molecule has 9 nitrogen and oxygen atoms in total. The Labute approximate surface area is 191 Å². The fourth-order valence-corrected chi connectivity index (χ4v) is 4.67. The summed E-state index contributed by atoms with van der Waals surface area (Å²) >= 11 is 0. The number of aromatic nitrogens is 1. The van der Waals surface area contributed by atoms with Crippen LogP contribution in [0, 0.1) is 5.92 Å². The molecule has 0 aliphatic carbocycles. The predicted molar refractivity (Wildman–Crippen MR) is 124 cm³/mol. The van der Waals surface area contributed by atoms with Gasteiger partial charge in [0.15, 0.2) is 5.96 Å². The Morgan fingerprint density at radius 2 is 2.03 bits per heavy atom. The highest BCUT2D eigenvalue weighted by Gasteiger charge is 2.29. The summed E-state index contributed by atoms with van der Waals surface area (Å²) in [6.45, 7) is 9.85. The lowest BCUT2D eigenvalue weighted by Gasteiger charge is -2.36. The lowest BCUT2D eigenvalue weighted by molar-refractivity contribution is 0.0257. The minimum absolute atomic E-state index is 0. The standard InChI is InChI=1S/C18H33N5O4S.HI/c1-5-26-17(15(2)3)6-8-20-18(19-4)22-9-11-23(12-10-22)28(24,25)14-16-7-13-27-21-16;/h7,13,15,17H,5-6,8-12,14H2,1-4H3,(H,19,20);1H. The van der Waals surface area contributed by atoms with Crippen LogP contribution in [0.3, 0.4) is 0 Å². The molecule has 0 amide bonds. The SMILES string of the molecule is CCOC(CCNC(=NC)N1CCN(S(=O)(=O)Cc2ccon2)CC1)C(C)C.I. The average molecular weight is 543 g/mol. The van der Waals surface area contributed by atoms with Crippen molar-refractivity contribution in [3.05, 3.63) is 18.0 Å². The van der Waals surface area contributed by atoms with Crippen LogP contribution in [0.4, 0.5) is 0 Å². The van der Waals surface area contributed by atoms with E-state index in [4.69, 9.17) is 9.26 Å². The Balaban J connectivity index is 0.00000420. The molecular formula is C18H34IN5O4S. The van der Waals surface area contributed by atoms with Gasteiger partial charge in [0.1, 0.15) is 12.0 Å². The highest BCUT2D eigenvalue weighted by Crippen LogP contribution is 2.13. The van der Waals surface area contributed by atoms with Gasteiger partial charge in [-0.25, -0.2) is 8.42 Å². The van der Waals surface area contributed by atoms with Crippen molar-refractivity contribution in [1.82, 2.24) is 19.7 Å². The molecule has 29 heavy (non-hydrogen) atoms. The molecule has 1 aromatic rings. The van der Waals surface area contributed by atoms with Crippen LogP contribution in [0.25, 0.3) is 0 Å². The second-order valence-electron chi connectivity index (χ2n) is 7.13. The summed E-state index contributed by atoms with van der Waals surface area (Å²) < 4.78 is 37.1. The molecule has 1 saturated heterocycles. The van der Waals surface area contributed by atoms with Crippen molar-refractivity contribution in [1.29, 1.82) is 0 Å². The molecule has 0 saturated carbocycles. The number of halogens is 1. The van der Waals surface area contributed by atoms with Crippen LogP contribution in [-0.4, -0.2) is 81.2 Å². The Bertz CT molecular complexity index is 704. The number of nitrogens with zero attached hydrogens (tertiary/aromatic N) is 4. The maximum absolute atomic E-state index is 12.5. The Kier molecular flexibility index (Phi) is 11.4. The fraction of sp³-hybridized carbons (Fsp3) is 0.778. The van der Waals surface area contributed by atoms with E-state index in [2.05, 4.69) is 34.2 Å². The van der Waals surface area contributed by atoms with Gasteiger partial charge < -0.3 is 19.5 Å². The van der Waals surface area contributed by atoms with Crippen LogP contribution in [0.2, 0.25) is 0 Å². The zero-order chi connectivity index (χ0) is 20.6. The molecule has 1 aliphatic rings. The molecule has 2 heterocycles. The highest BCUT2D eigenvalue weighted by atomic mass is 127. The molecule has 1 atom stereocenters. The number of hydrogen-bond donors (Lipinski definition) is 1. The van der Waals surface area contributed by atoms with E-state index < -0.39 is 10.0 Å². The van der Waals surface area contributed by atoms with Gasteiger partial charge in [-0.15, -0.1) is 24.0 Å². The first-order valence-corrected chi connectivity index (χ1v) is 11.4. The predicted octanol–water partition coefficient (Wildman–Crippen LogP) is 1.77. The maximum atomic E-state index is 12.5. The number of guanidine groups is 1. The molecule has 1 fully saturated rings. The van der Waals surface area contributed by atoms with Gasteiger partial charge in [-0.05, 0) is 19.3 Å². The molecule has 0 radical (unpaired) electrons. The number of rotatable bonds is 9. The highest BCUT2D eigenvalue weighted by molar-refractivity contribution is 14.0. The van der Waals surface area contributed by atoms with Crippen molar-refractivity contribution in [2.75, 3.05) is 46.4 Å². The van der Waals surface area contributed by atoms with Crippen molar-refractivity contribution in [2.24, 2.45) is 10.9 Å². The molecule has 0 spiro atoms. The number of piperazine rings is 1. The lowest BCUT2D eigenvalue weighted by atomic mass is 10.0. The summed E-state index contributed by atoms with van der Waals surface area (Å²) in [7, 11) is -1.65. The van der Waals surface area contributed by atoms with Gasteiger partial charge in [-0.1, -0.05) is 19.0 Å². The van der Waals surface area contributed by atoms with Gasteiger partial charge in [-0.2, -0.15) is 4.31 Å². The minimum Gasteiger partial charge on any atom is -0.378 e. The third-order valence-corrected chi connectivity index (χ3v) is 6.61.